The van der Waals surface area contributed by atoms with E-state index in [9.17, 15) is 4.79 Å². The number of carbonyl (C=O) groups is 1. The molecule has 0 unspecified atom stereocenters. The normalized spacial score (nSPS) is 13.6. The van der Waals surface area contributed by atoms with E-state index >= 15 is 0 Å². The van der Waals surface area contributed by atoms with Crippen molar-refractivity contribution in [1.29, 1.82) is 0 Å². The molecule has 0 aliphatic heterocycles. The zero-order valence-corrected chi connectivity index (χ0v) is 16.2. The summed E-state index contributed by atoms with van der Waals surface area (Å²) >= 11 is 6.08. The molecule has 0 bridgehead atoms. The van der Waals surface area contributed by atoms with Crippen molar-refractivity contribution in [3.63, 3.8) is 0 Å². The fourth-order valence-electron chi connectivity index (χ4n) is 3.06. The largest absolute Gasteiger partial charge is 0.495 e. The Morgan fingerprint density at radius 2 is 2.15 bits per heavy atom. The molecule has 1 aromatic carbocycles. The van der Waals surface area contributed by atoms with E-state index in [4.69, 9.17) is 16.3 Å². The summed E-state index contributed by atoms with van der Waals surface area (Å²) in [4.78, 5) is 16.7. The lowest BCUT2D eigenvalue weighted by Gasteiger charge is -2.13. The molecule has 142 valence electrons. The number of nitrogens with zero attached hydrogens (tertiary/aromatic N) is 1. The molecule has 3 rings (SSSR count). The molecule has 1 aliphatic rings. The molecule has 5 nitrogen and oxygen atoms in total. The average Bonchev–Trinajstić information content (AvgIpc) is 2.69. The Bertz CT molecular complexity index is 819. The Labute approximate surface area is 164 Å². The number of benzene rings is 1. The van der Waals surface area contributed by atoms with E-state index in [1.807, 2.05) is 6.07 Å². The molecule has 0 radical (unpaired) electrons. The van der Waals surface area contributed by atoms with Gasteiger partial charge in [-0.15, -0.1) is 0 Å². The van der Waals surface area contributed by atoms with Crippen LogP contribution in [0.5, 0.6) is 5.75 Å². The van der Waals surface area contributed by atoms with Crippen LogP contribution in [0.4, 0.5) is 11.5 Å². The van der Waals surface area contributed by atoms with Crippen LogP contribution in [0.15, 0.2) is 48.2 Å². The number of pyridine rings is 1. The van der Waals surface area contributed by atoms with Gasteiger partial charge in [0.1, 0.15) is 11.6 Å². The number of hydrogen-bond acceptors (Lipinski definition) is 4. The molecule has 0 atom stereocenters. The molecule has 1 aliphatic carbocycles. The highest BCUT2D eigenvalue weighted by Crippen LogP contribution is 2.27. The third kappa shape index (κ3) is 5.47. The highest BCUT2D eigenvalue weighted by atomic mass is 35.5. The number of carbonyl (C=O) groups excluding carboxylic acids is 1. The molecule has 0 saturated heterocycles. The number of anilines is 2. The summed E-state index contributed by atoms with van der Waals surface area (Å²) in [5, 5.41) is 6.57. The minimum Gasteiger partial charge on any atom is -0.495 e. The van der Waals surface area contributed by atoms with Gasteiger partial charge in [-0.25, -0.2) is 4.98 Å². The van der Waals surface area contributed by atoms with E-state index in [0.717, 1.165) is 18.8 Å². The Hall–Kier alpha value is -2.53. The van der Waals surface area contributed by atoms with Crippen LogP contribution >= 0.6 is 11.6 Å². The Kier molecular flexibility index (Phi) is 6.71. The first kappa shape index (κ1) is 19.2. The summed E-state index contributed by atoms with van der Waals surface area (Å²) < 4.78 is 5.11. The van der Waals surface area contributed by atoms with Crippen molar-refractivity contribution >= 4 is 29.0 Å². The molecule has 1 heterocycles. The van der Waals surface area contributed by atoms with Crippen LogP contribution in [-0.2, 0) is 0 Å². The molecule has 1 amide bonds. The first-order chi connectivity index (χ1) is 13.2. The zero-order chi connectivity index (χ0) is 19.1. The second kappa shape index (κ2) is 9.42. The lowest BCUT2D eigenvalue weighted by atomic mass is 9.97. The van der Waals surface area contributed by atoms with E-state index in [-0.39, 0.29) is 5.91 Å². The van der Waals surface area contributed by atoms with E-state index in [1.165, 1.54) is 31.3 Å². The van der Waals surface area contributed by atoms with E-state index in [1.54, 1.807) is 37.6 Å². The molecule has 0 fully saturated rings. The number of halogens is 1. The van der Waals surface area contributed by atoms with E-state index in [2.05, 4.69) is 21.7 Å². The van der Waals surface area contributed by atoms with Gasteiger partial charge >= 0.3 is 0 Å². The fraction of sp³-hybridized carbons (Fsp3) is 0.333. The first-order valence-corrected chi connectivity index (χ1v) is 9.56. The number of nitrogens with one attached hydrogen (secondary N) is 2. The summed E-state index contributed by atoms with van der Waals surface area (Å²) in [6, 6.07) is 8.69. The smallest absolute Gasteiger partial charge is 0.257 e. The van der Waals surface area contributed by atoms with Gasteiger partial charge in [-0.1, -0.05) is 23.3 Å². The van der Waals surface area contributed by atoms with Gasteiger partial charge in [0.05, 0.1) is 17.7 Å². The number of hydrogen-bond donors (Lipinski definition) is 2. The van der Waals surface area contributed by atoms with Crippen molar-refractivity contribution in [2.75, 3.05) is 24.3 Å². The molecule has 2 N–H and O–H groups in total. The number of allylic oxidation sites excluding steroid dienone is 1. The molecule has 2 aromatic rings. The van der Waals surface area contributed by atoms with Crippen molar-refractivity contribution in [1.82, 2.24) is 4.98 Å². The van der Waals surface area contributed by atoms with Crippen LogP contribution in [0.2, 0.25) is 5.02 Å². The van der Waals surface area contributed by atoms with Gasteiger partial charge in [-0.2, -0.15) is 0 Å². The molecule has 0 saturated carbocycles. The summed E-state index contributed by atoms with van der Waals surface area (Å²) in [5.41, 5.74) is 2.62. The third-order valence-electron chi connectivity index (χ3n) is 4.57. The maximum atomic E-state index is 12.4. The zero-order valence-electron chi connectivity index (χ0n) is 15.4. The van der Waals surface area contributed by atoms with Crippen molar-refractivity contribution in [2.45, 2.75) is 32.1 Å². The second-order valence-corrected chi connectivity index (χ2v) is 6.93. The summed E-state index contributed by atoms with van der Waals surface area (Å²) in [6.45, 7) is 0.856. The van der Waals surface area contributed by atoms with Crippen molar-refractivity contribution < 1.29 is 9.53 Å². The fourth-order valence-corrected chi connectivity index (χ4v) is 3.32. The Morgan fingerprint density at radius 3 is 2.81 bits per heavy atom. The number of rotatable bonds is 7. The highest BCUT2D eigenvalue weighted by molar-refractivity contribution is 6.32. The third-order valence-corrected chi connectivity index (χ3v) is 4.87. The van der Waals surface area contributed by atoms with Crippen LogP contribution in [0.25, 0.3) is 0 Å². The molecule has 1 aromatic heterocycles. The number of aromatic nitrogens is 1. The van der Waals surface area contributed by atoms with Gasteiger partial charge in [0.15, 0.2) is 0 Å². The topological polar surface area (TPSA) is 63.2 Å². The molecule has 6 heteroatoms. The quantitative estimate of drug-likeness (QED) is 0.635. The maximum absolute atomic E-state index is 12.4. The first-order valence-electron chi connectivity index (χ1n) is 9.18. The highest BCUT2D eigenvalue weighted by Gasteiger charge is 2.09. The predicted molar refractivity (Wildman–Crippen MR) is 110 cm³/mol. The van der Waals surface area contributed by atoms with Gasteiger partial charge in [0.2, 0.25) is 0 Å². The summed E-state index contributed by atoms with van der Waals surface area (Å²) in [5.74, 6) is 1.11. The maximum Gasteiger partial charge on any atom is 0.257 e. The van der Waals surface area contributed by atoms with Gasteiger partial charge < -0.3 is 15.4 Å². The number of methoxy groups -OCH3 is 1. The predicted octanol–water partition coefficient (Wildman–Crippen LogP) is 5.30. The van der Waals surface area contributed by atoms with E-state index in [0.29, 0.717) is 22.0 Å². The lowest BCUT2D eigenvalue weighted by molar-refractivity contribution is 0.102. The van der Waals surface area contributed by atoms with Crippen LogP contribution in [0, 0.1) is 0 Å². The summed E-state index contributed by atoms with van der Waals surface area (Å²) in [7, 11) is 1.55. The van der Waals surface area contributed by atoms with Gasteiger partial charge in [0, 0.05) is 18.4 Å². The van der Waals surface area contributed by atoms with Crippen LogP contribution in [0.3, 0.4) is 0 Å². The van der Waals surface area contributed by atoms with Crippen LogP contribution < -0.4 is 15.4 Å². The van der Waals surface area contributed by atoms with E-state index < -0.39 is 0 Å². The van der Waals surface area contributed by atoms with Crippen molar-refractivity contribution in [3.8, 4) is 5.75 Å². The lowest BCUT2D eigenvalue weighted by Crippen LogP contribution is -2.13. The molecular formula is C21H24ClN3O2. The second-order valence-electron chi connectivity index (χ2n) is 6.52. The molecular weight excluding hydrogens is 362 g/mol. The SMILES string of the molecule is COc1ccc(NC(=O)c2ccc(NCCC3=CCCCC3)nc2)cc1Cl. The minimum atomic E-state index is -0.234. The monoisotopic (exact) mass is 385 g/mol. The average molecular weight is 386 g/mol. The standard InChI is InChI=1S/C21H24ClN3O2/c1-27-19-9-8-17(13-18(19)22)25-21(26)16-7-10-20(24-14-16)23-12-11-15-5-3-2-4-6-15/h5,7-10,13-14H,2-4,6,11-12H2,1H3,(H,23,24)(H,25,26). The summed E-state index contributed by atoms with van der Waals surface area (Å²) in [6.07, 6.45) is 10.0. The van der Waals surface area contributed by atoms with Gasteiger partial charge in [-0.3, -0.25) is 4.79 Å². The van der Waals surface area contributed by atoms with Crippen LogP contribution in [-0.4, -0.2) is 24.5 Å². The van der Waals surface area contributed by atoms with Crippen molar-refractivity contribution in [3.05, 3.63) is 58.8 Å². The minimum absolute atomic E-state index is 0.234. The Morgan fingerprint density at radius 1 is 1.26 bits per heavy atom. The molecule has 0 spiro atoms. The number of amides is 1. The molecule has 27 heavy (non-hydrogen) atoms. The van der Waals surface area contributed by atoms with Crippen LogP contribution in [0.1, 0.15) is 42.5 Å². The number of ether oxygens (including phenoxy) is 1. The Balaban J connectivity index is 1.52. The van der Waals surface area contributed by atoms with Crippen molar-refractivity contribution in [2.24, 2.45) is 0 Å². The van der Waals surface area contributed by atoms with Gasteiger partial charge in [-0.05, 0) is 62.4 Å². The van der Waals surface area contributed by atoms with Gasteiger partial charge in [0.25, 0.3) is 5.91 Å².